The molecule has 112 valence electrons. The predicted molar refractivity (Wildman–Crippen MR) is 76.2 cm³/mol. The first kappa shape index (κ1) is 12.9. The summed E-state index contributed by atoms with van der Waals surface area (Å²) in [5.74, 6) is -1.17. The van der Waals surface area contributed by atoms with Crippen LogP contribution in [0.1, 0.15) is 60.3 Å². The zero-order valence-corrected chi connectivity index (χ0v) is 12.0. The van der Waals surface area contributed by atoms with Crippen molar-refractivity contribution in [1.82, 2.24) is 10.3 Å². The molecule has 4 rings (SSSR count). The van der Waals surface area contributed by atoms with Crippen LogP contribution >= 0.6 is 0 Å². The number of H-pyrrole nitrogens is 1. The molecule has 0 saturated heterocycles. The molecule has 3 N–H and O–H groups in total. The Labute approximate surface area is 123 Å². The van der Waals surface area contributed by atoms with Gasteiger partial charge in [-0.15, -0.1) is 0 Å². The number of rotatable bonds is 3. The van der Waals surface area contributed by atoms with Gasteiger partial charge in [0.05, 0.1) is 0 Å². The third kappa shape index (κ3) is 1.83. The number of aliphatic carboxylic acids is 1. The highest BCUT2D eigenvalue weighted by Gasteiger charge is 2.61. The van der Waals surface area contributed by atoms with Gasteiger partial charge in [0.15, 0.2) is 0 Å². The fourth-order valence-electron chi connectivity index (χ4n) is 4.40. The zero-order chi connectivity index (χ0) is 14.7. The van der Waals surface area contributed by atoms with Gasteiger partial charge < -0.3 is 15.4 Å². The van der Waals surface area contributed by atoms with Crippen molar-refractivity contribution in [3.8, 4) is 0 Å². The molecule has 21 heavy (non-hydrogen) atoms. The van der Waals surface area contributed by atoms with Crippen LogP contribution in [0.15, 0.2) is 6.07 Å². The molecular weight excluding hydrogens is 268 g/mol. The molecule has 5 heteroatoms. The van der Waals surface area contributed by atoms with Gasteiger partial charge in [0.25, 0.3) is 5.91 Å². The number of carbonyl (C=O) groups excluding carboxylic acids is 1. The van der Waals surface area contributed by atoms with E-state index < -0.39 is 11.5 Å². The van der Waals surface area contributed by atoms with Gasteiger partial charge in [-0.3, -0.25) is 4.79 Å². The molecule has 5 nitrogen and oxygen atoms in total. The lowest BCUT2D eigenvalue weighted by atomic mass is 9.48. The van der Waals surface area contributed by atoms with E-state index in [1.165, 1.54) is 12.0 Å². The third-order valence-electron chi connectivity index (χ3n) is 5.64. The highest BCUT2D eigenvalue weighted by Crippen LogP contribution is 2.60. The summed E-state index contributed by atoms with van der Waals surface area (Å²) in [6, 6.07) is 1.88. The van der Waals surface area contributed by atoms with Crippen LogP contribution in [0, 0.1) is 5.41 Å². The van der Waals surface area contributed by atoms with Crippen molar-refractivity contribution in [2.45, 2.75) is 56.9 Å². The molecule has 0 bridgehead atoms. The number of carbonyl (C=O) groups is 2. The standard InChI is InChI=1S/C16H20N2O3/c19-13(12-7-10-3-1-4-11(10)17-12)18-16(14(20)21)8-15(9-16)5-2-6-15/h7,17H,1-6,8-9H2,(H,18,19)(H,20,21). The first-order chi connectivity index (χ1) is 10.0. The Balaban J connectivity index is 1.50. The number of aryl methyl sites for hydroxylation is 2. The Morgan fingerprint density at radius 1 is 1.19 bits per heavy atom. The SMILES string of the molecule is O=C(NC1(C(=O)O)CC2(CCC2)C1)c1cc2c([nH]1)CCC2. The lowest BCUT2D eigenvalue weighted by Gasteiger charge is -2.58. The highest BCUT2D eigenvalue weighted by atomic mass is 16.4. The van der Waals surface area contributed by atoms with Crippen molar-refractivity contribution in [2.75, 3.05) is 0 Å². The Kier molecular flexibility index (Phi) is 2.53. The Morgan fingerprint density at radius 2 is 1.95 bits per heavy atom. The monoisotopic (exact) mass is 288 g/mol. The van der Waals surface area contributed by atoms with E-state index in [1.54, 1.807) is 0 Å². The fraction of sp³-hybridized carbons (Fsp3) is 0.625. The van der Waals surface area contributed by atoms with Gasteiger partial charge in [0, 0.05) is 5.69 Å². The second-order valence-corrected chi connectivity index (χ2v) is 7.09. The maximum atomic E-state index is 12.4. The third-order valence-corrected chi connectivity index (χ3v) is 5.64. The van der Waals surface area contributed by atoms with Gasteiger partial charge in [-0.2, -0.15) is 0 Å². The molecule has 1 aromatic rings. The molecule has 1 spiro atoms. The first-order valence-electron chi connectivity index (χ1n) is 7.79. The number of hydrogen-bond acceptors (Lipinski definition) is 2. The number of amides is 1. The second-order valence-electron chi connectivity index (χ2n) is 7.09. The lowest BCUT2D eigenvalue weighted by Crippen LogP contribution is -2.68. The van der Waals surface area contributed by atoms with E-state index in [0.717, 1.165) is 37.8 Å². The van der Waals surface area contributed by atoms with Crippen molar-refractivity contribution in [3.05, 3.63) is 23.0 Å². The van der Waals surface area contributed by atoms with Gasteiger partial charge in [0.2, 0.25) is 0 Å². The van der Waals surface area contributed by atoms with E-state index in [0.29, 0.717) is 18.5 Å². The maximum Gasteiger partial charge on any atom is 0.329 e. The number of fused-ring (bicyclic) bond motifs is 1. The molecule has 0 aromatic carbocycles. The van der Waals surface area contributed by atoms with Crippen LogP contribution in [0.3, 0.4) is 0 Å². The average Bonchev–Trinajstić information content (AvgIpc) is 2.90. The van der Waals surface area contributed by atoms with E-state index in [2.05, 4.69) is 10.3 Å². The van der Waals surface area contributed by atoms with E-state index in [1.807, 2.05) is 6.07 Å². The van der Waals surface area contributed by atoms with Crippen LogP contribution in [-0.4, -0.2) is 27.5 Å². The van der Waals surface area contributed by atoms with Gasteiger partial charge in [-0.1, -0.05) is 6.42 Å². The van der Waals surface area contributed by atoms with Crippen molar-refractivity contribution >= 4 is 11.9 Å². The molecule has 0 radical (unpaired) electrons. The summed E-state index contributed by atoms with van der Waals surface area (Å²) >= 11 is 0. The Bertz CT molecular complexity index is 598. The maximum absolute atomic E-state index is 12.4. The van der Waals surface area contributed by atoms with Gasteiger partial charge >= 0.3 is 5.97 Å². The van der Waals surface area contributed by atoms with Crippen molar-refractivity contribution in [1.29, 1.82) is 0 Å². The van der Waals surface area contributed by atoms with E-state index in [9.17, 15) is 14.7 Å². The smallest absolute Gasteiger partial charge is 0.329 e. The lowest BCUT2D eigenvalue weighted by molar-refractivity contribution is -0.161. The van der Waals surface area contributed by atoms with Crippen LogP contribution in [0.2, 0.25) is 0 Å². The molecule has 1 aromatic heterocycles. The van der Waals surface area contributed by atoms with Gasteiger partial charge in [0.1, 0.15) is 11.2 Å². The van der Waals surface area contributed by atoms with Crippen LogP contribution in [-0.2, 0) is 17.6 Å². The molecular formula is C16H20N2O3. The summed E-state index contributed by atoms with van der Waals surface area (Å²) in [6.07, 6.45) is 7.69. The number of carboxylic acids is 1. The number of aromatic amines is 1. The Hall–Kier alpha value is -1.78. The quantitative estimate of drug-likeness (QED) is 0.796. The topological polar surface area (TPSA) is 82.2 Å². The second kappa shape index (κ2) is 4.12. The molecule has 0 atom stereocenters. The van der Waals surface area contributed by atoms with Crippen molar-refractivity contribution in [2.24, 2.45) is 5.41 Å². The number of nitrogens with one attached hydrogen (secondary N) is 2. The minimum atomic E-state index is -1.05. The van der Waals surface area contributed by atoms with Crippen LogP contribution in [0.4, 0.5) is 0 Å². The molecule has 2 fully saturated rings. The fourth-order valence-corrected chi connectivity index (χ4v) is 4.40. The first-order valence-corrected chi connectivity index (χ1v) is 7.79. The van der Waals surface area contributed by atoms with Gasteiger partial charge in [-0.05, 0) is 62.0 Å². The summed E-state index contributed by atoms with van der Waals surface area (Å²) in [7, 11) is 0. The Morgan fingerprint density at radius 3 is 2.52 bits per heavy atom. The van der Waals surface area contributed by atoms with Gasteiger partial charge in [-0.25, -0.2) is 4.79 Å². The van der Waals surface area contributed by atoms with Crippen LogP contribution < -0.4 is 5.32 Å². The van der Waals surface area contributed by atoms with Crippen molar-refractivity contribution in [3.63, 3.8) is 0 Å². The minimum absolute atomic E-state index is 0.198. The molecule has 3 aliphatic rings. The summed E-state index contributed by atoms with van der Waals surface area (Å²) in [5, 5.41) is 12.3. The molecule has 2 saturated carbocycles. The normalized spacial score (nSPS) is 24.0. The van der Waals surface area contributed by atoms with Crippen LogP contribution in [0.25, 0.3) is 0 Å². The predicted octanol–water partition coefficient (Wildman–Crippen LogP) is 2.02. The molecule has 0 unspecified atom stereocenters. The summed E-state index contributed by atoms with van der Waals surface area (Å²) in [4.78, 5) is 27.1. The number of aromatic nitrogens is 1. The van der Waals surface area contributed by atoms with E-state index in [-0.39, 0.29) is 11.3 Å². The van der Waals surface area contributed by atoms with E-state index >= 15 is 0 Å². The zero-order valence-electron chi connectivity index (χ0n) is 12.0. The average molecular weight is 288 g/mol. The summed E-state index contributed by atoms with van der Waals surface area (Å²) < 4.78 is 0. The number of hydrogen-bond donors (Lipinski definition) is 3. The largest absolute Gasteiger partial charge is 0.480 e. The van der Waals surface area contributed by atoms with Crippen molar-refractivity contribution < 1.29 is 14.7 Å². The molecule has 1 amide bonds. The van der Waals surface area contributed by atoms with E-state index in [4.69, 9.17) is 0 Å². The summed E-state index contributed by atoms with van der Waals surface area (Å²) in [6.45, 7) is 0. The molecule has 1 heterocycles. The number of carboxylic acid groups (broad SMARTS) is 1. The minimum Gasteiger partial charge on any atom is -0.480 e. The van der Waals surface area contributed by atoms with Crippen LogP contribution in [0.5, 0.6) is 0 Å². The molecule has 3 aliphatic carbocycles. The highest BCUT2D eigenvalue weighted by molar-refractivity contribution is 5.97. The summed E-state index contributed by atoms with van der Waals surface area (Å²) in [5.41, 5.74) is 1.99. The molecule has 0 aliphatic heterocycles.